The van der Waals surface area contributed by atoms with Gasteiger partial charge in [0.25, 0.3) is 11.8 Å². The lowest BCUT2D eigenvalue weighted by Crippen LogP contribution is -2.37. The molecule has 0 unspecified atom stereocenters. The Balaban J connectivity index is 1.71. The minimum atomic E-state index is -0.675. The summed E-state index contributed by atoms with van der Waals surface area (Å²) in [5.74, 6) is -2.10. The number of benzene rings is 2. The molecule has 136 valence electrons. The second-order valence-corrected chi connectivity index (χ2v) is 6.48. The second kappa shape index (κ2) is 7.83. The van der Waals surface area contributed by atoms with E-state index < -0.39 is 23.4 Å². The van der Waals surface area contributed by atoms with E-state index in [-0.39, 0.29) is 29.2 Å². The second-order valence-electron chi connectivity index (χ2n) is 6.04. The van der Waals surface area contributed by atoms with Gasteiger partial charge in [-0.05, 0) is 36.8 Å². The summed E-state index contributed by atoms with van der Waals surface area (Å²) >= 11 is 5.72. The zero-order valence-electron chi connectivity index (χ0n) is 13.9. The van der Waals surface area contributed by atoms with Crippen molar-refractivity contribution < 1.29 is 18.4 Å². The van der Waals surface area contributed by atoms with E-state index in [1.54, 1.807) is 6.07 Å². The Kier molecular flexibility index (Phi) is 5.52. The van der Waals surface area contributed by atoms with E-state index in [4.69, 9.17) is 11.6 Å². The van der Waals surface area contributed by atoms with Crippen LogP contribution >= 0.6 is 11.6 Å². The lowest BCUT2D eigenvalue weighted by Gasteiger charge is -2.22. The molecular weight excluding hydrogens is 362 g/mol. The summed E-state index contributed by atoms with van der Waals surface area (Å²) in [5, 5.41) is 0.219. The van der Waals surface area contributed by atoms with E-state index in [0.717, 1.165) is 6.07 Å². The molecule has 1 aliphatic rings. The summed E-state index contributed by atoms with van der Waals surface area (Å²) in [6.45, 7) is 1.30. The third-order valence-electron chi connectivity index (χ3n) is 4.34. The molecule has 1 heterocycles. The molecule has 0 radical (unpaired) electrons. The fourth-order valence-electron chi connectivity index (χ4n) is 2.96. The third kappa shape index (κ3) is 3.85. The average molecular weight is 379 g/mol. The predicted octanol–water partition coefficient (Wildman–Crippen LogP) is 3.61. The first-order valence-electron chi connectivity index (χ1n) is 8.25. The van der Waals surface area contributed by atoms with E-state index in [9.17, 15) is 18.4 Å². The Morgan fingerprint density at radius 3 is 1.96 bits per heavy atom. The lowest BCUT2D eigenvalue weighted by atomic mass is 10.2. The maximum absolute atomic E-state index is 14.0. The van der Waals surface area contributed by atoms with Gasteiger partial charge in [-0.15, -0.1) is 0 Å². The van der Waals surface area contributed by atoms with Gasteiger partial charge in [-0.3, -0.25) is 9.59 Å². The van der Waals surface area contributed by atoms with E-state index in [0.29, 0.717) is 19.5 Å². The number of rotatable bonds is 2. The van der Waals surface area contributed by atoms with Crippen LogP contribution in [0.2, 0.25) is 5.02 Å². The van der Waals surface area contributed by atoms with Gasteiger partial charge in [-0.25, -0.2) is 8.78 Å². The smallest absolute Gasteiger partial charge is 0.256 e. The summed E-state index contributed by atoms with van der Waals surface area (Å²) in [7, 11) is 0. The quantitative estimate of drug-likeness (QED) is 0.801. The maximum atomic E-state index is 14.0. The topological polar surface area (TPSA) is 40.6 Å². The molecule has 0 saturated carbocycles. The Morgan fingerprint density at radius 2 is 1.38 bits per heavy atom. The van der Waals surface area contributed by atoms with Gasteiger partial charge in [0.05, 0.1) is 11.1 Å². The van der Waals surface area contributed by atoms with E-state index in [2.05, 4.69) is 0 Å². The van der Waals surface area contributed by atoms with Crippen LogP contribution in [0.4, 0.5) is 8.78 Å². The highest BCUT2D eigenvalue weighted by Gasteiger charge is 2.26. The standard InChI is InChI=1S/C19H17ClF2N2O2/c20-13-6-7-15(17(22)12-13)19(26)24-9-3-8-23(10-11-24)18(25)14-4-1-2-5-16(14)21/h1-2,4-7,12H,3,8-11H2. The number of carbonyl (C=O) groups excluding carboxylic acids is 2. The van der Waals surface area contributed by atoms with Crippen LogP contribution in [-0.2, 0) is 0 Å². The van der Waals surface area contributed by atoms with Crippen molar-refractivity contribution in [3.63, 3.8) is 0 Å². The molecule has 0 atom stereocenters. The zero-order valence-corrected chi connectivity index (χ0v) is 14.7. The van der Waals surface area contributed by atoms with Crippen molar-refractivity contribution in [1.29, 1.82) is 0 Å². The Labute approximate surface area is 155 Å². The molecule has 2 amide bonds. The molecule has 7 heteroatoms. The number of hydrogen-bond acceptors (Lipinski definition) is 2. The van der Waals surface area contributed by atoms with Crippen LogP contribution in [0.25, 0.3) is 0 Å². The van der Waals surface area contributed by atoms with Crippen molar-refractivity contribution >= 4 is 23.4 Å². The fourth-order valence-corrected chi connectivity index (χ4v) is 3.12. The van der Waals surface area contributed by atoms with Crippen molar-refractivity contribution in [1.82, 2.24) is 9.80 Å². The van der Waals surface area contributed by atoms with Crippen molar-refractivity contribution in [2.75, 3.05) is 26.2 Å². The molecule has 0 N–H and O–H groups in total. The van der Waals surface area contributed by atoms with Gasteiger partial charge in [-0.1, -0.05) is 23.7 Å². The molecule has 2 aromatic rings. The fraction of sp³-hybridized carbons (Fsp3) is 0.263. The average Bonchev–Trinajstić information content (AvgIpc) is 2.87. The Bertz CT molecular complexity index is 844. The molecule has 26 heavy (non-hydrogen) atoms. The van der Waals surface area contributed by atoms with Gasteiger partial charge in [0.2, 0.25) is 0 Å². The molecule has 4 nitrogen and oxygen atoms in total. The molecule has 1 aliphatic heterocycles. The van der Waals surface area contributed by atoms with Crippen LogP contribution in [0, 0.1) is 11.6 Å². The Morgan fingerprint density at radius 1 is 0.808 bits per heavy atom. The lowest BCUT2D eigenvalue weighted by molar-refractivity contribution is 0.0713. The molecule has 1 fully saturated rings. The van der Waals surface area contributed by atoms with Gasteiger partial charge in [0, 0.05) is 31.2 Å². The summed E-state index contributed by atoms with van der Waals surface area (Å²) < 4.78 is 27.8. The molecule has 0 aromatic heterocycles. The zero-order chi connectivity index (χ0) is 18.7. The first kappa shape index (κ1) is 18.3. The predicted molar refractivity (Wildman–Crippen MR) is 94.2 cm³/mol. The highest BCUT2D eigenvalue weighted by molar-refractivity contribution is 6.30. The van der Waals surface area contributed by atoms with Crippen LogP contribution in [0.1, 0.15) is 27.1 Å². The molecule has 1 saturated heterocycles. The van der Waals surface area contributed by atoms with Crippen LogP contribution in [0.5, 0.6) is 0 Å². The minimum Gasteiger partial charge on any atom is -0.337 e. The Hall–Kier alpha value is -2.47. The molecule has 0 bridgehead atoms. The van der Waals surface area contributed by atoms with E-state index in [1.165, 1.54) is 40.1 Å². The summed E-state index contributed by atoms with van der Waals surface area (Å²) in [6, 6.07) is 9.72. The van der Waals surface area contributed by atoms with Gasteiger partial charge in [0.15, 0.2) is 0 Å². The number of hydrogen-bond donors (Lipinski definition) is 0. The number of amides is 2. The van der Waals surface area contributed by atoms with Crippen LogP contribution in [-0.4, -0.2) is 47.8 Å². The first-order valence-corrected chi connectivity index (χ1v) is 8.63. The first-order chi connectivity index (χ1) is 12.5. The highest BCUT2D eigenvalue weighted by Crippen LogP contribution is 2.18. The van der Waals surface area contributed by atoms with Gasteiger partial charge in [0.1, 0.15) is 11.6 Å². The van der Waals surface area contributed by atoms with Gasteiger partial charge >= 0.3 is 0 Å². The summed E-state index contributed by atoms with van der Waals surface area (Å²) in [4.78, 5) is 28.1. The number of nitrogens with zero attached hydrogens (tertiary/aromatic N) is 2. The van der Waals surface area contributed by atoms with Crippen LogP contribution < -0.4 is 0 Å². The number of carbonyl (C=O) groups is 2. The van der Waals surface area contributed by atoms with Crippen molar-refractivity contribution in [3.8, 4) is 0 Å². The largest absolute Gasteiger partial charge is 0.337 e. The van der Waals surface area contributed by atoms with Crippen molar-refractivity contribution in [2.45, 2.75) is 6.42 Å². The monoisotopic (exact) mass is 378 g/mol. The van der Waals surface area contributed by atoms with Gasteiger partial charge in [-0.2, -0.15) is 0 Å². The van der Waals surface area contributed by atoms with Crippen molar-refractivity contribution in [2.24, 2.45) is 0 Å². The molecule has 0 aliphatic carbocycles. The van der Waals surface area contributed by atoms with Crippen molar-refractivity contribution in [3.05, 3.63) is 70.2 Å². The normalized spacial score (nSPS) is 14.9. The SMILES string of the molecule is O=C(c1ccccc1F)N1CCCN(C(=O)c2ccc(Cl)cc2F)CC1. The van der Waals surface area contributed by atoms with Crippen LogP contribution in [0.3, 0.4) is 0 Å². The van der Waals surface area contributed by atoms with Crippen LogP contribution in [0.15, 0.2) is 42.5 Å². The summed E-state index contributed by atoms with van der Waals surface area (Å²) in [5.41, 5.74) is -0.0423. The maximum Gasteiger partial charge on any atom is 0.256 e. The molecular formula is C19H17ClF2N2O2. The van der Waals surface area contributed by atoms with E-state index >= 15 is 0 Å². The third-order valence-corrected chi connectivity index (χ3v) is 4.57. The molecule has 3 rings (SSSR count). The van der Waals surface area contributed by atoms with E-state index in [1.807, 2.05) is 0 Å². The summed E-state index contributed by atoms with van der Waals surface area (Å²) in [6.07, 6.45) is 0.529. The molecule has 0 spiro atoms. The number of halogens is 3. The minimum absolute atomic E-state index is 0.0102. The molecule has 2 aromatic carbocycles. The highest BCUT2D eigenvalue weighted by atomic mass is 35.5. The van der Waals surface area contributed by atoms with Gasteiger partial charge < -0.3 is 9.80 Å².